The van der Waals surface area contributed by atoms with Crippen LogP contribution >= 0.6 is 15.9 Å². The third-order valence-electron chi connectivity index (χ3n) is 7.33. The van der Waals surface area contributed by atoms with Crippen LogP contribution in [0.5, 0.6) is 0 Å². The van der Waals surface area contributed by atoms with Gasteiger partial charge in [-0.3, -0.25) is 9.59 Å². The highest BCUT2D eigenvalue weighted by atomic mass is 79.9. The summed E-state index contributed by atoms with van der Waals surface area (Å²) in [5.41, 5.74) is -13.4. The second-order valence-corrected chi connectivity index (χ2v) is 11.4. The molecule has 0 N–H and O–H groups in total. The van der Waals surface area contributed by atoms with Crippen LogP contribution in [0.2, 0.25) is 0 Å². The Hall–Kier alpha value is -4.20. The molecular formula is C30H19BrF11N3O2. The molecule has 2 amide bonds. The minimum absolute atomic E-state index is 0.0160. The van der Waals surface area contributed by atoms with Crippen LogP contribution in [0, 0.1) is 23.1 Å². The lowest BCUT2D eigenvalue weighted by Crippen LogP contribution is -2.50. The molecule has 0 atom stereocenters. The lowest BCUT2D eigenvalue weighted by Gasteiger charge is -2.32. The van der Waals surface area contributed by atoms with Gasteiger partial charge >= 0.3 is 24.2 Å². The number of hydrogen-bond acceptors (Lipinski definition) is 3. The molecule has 1 aliphatic rings. The second-order valence-electron chi connectivity index (χ2n) is 10.6. The fraction of sp³-hybridized carbons (Fsp3) is 0.300. The number of carbonyl (C=O) groups is 2. The van der Waals surface area contributed by atoms with Gasteiger partial charge in [0.1, 0.15) is 0 Å². The molecule has 250 valence electrons. The number of amides is 2. The van der Waals surface area contributed by atoms with Crippen molar-refractivity contribution in [2.75, 3.05) is 23.4 Å². The van der Waals surface area contributed by atoms with Crippen LogP contribution in [-0.4, -0.2) is 37.8 Å². The molecule has 1 aliphatic carbocycles. The van der Waals surface area contributed by atoms with E-state index in [9.17, 15) is 53.5 Å². The first-order valence-electron chi connectivity index (χ1n) is 13.3. The second kappa shape index (κ2) is 12.4. The smallest absolute Gasteiger partial charge is 0.310 e. The molecule has 0 saturated heterocycles. The zero-order chi connectivity index (χ0) is 35.3. The molecule has 3 aromatic rings. The molecule has 0 heterocycles. The normalized spacial score (nSPS) is 14.0. The topological polar surface area (TPSA) is 64.4 Å². The average molecular weight is 742 g/mol. The molecule has 17 heteroatoms. The van der Waals surface area contributed by atoms with Gasteiger partial charge in [0.15, 0.2) is 5.82 Å². The maximum atomic E-state index is 16.0. The summed E-state index contributed by atoms with van der Waals surface area (Å²) in [4.78, 5) is 28.0. The van der Waals surface area contributed by atoms with Crippen molar-refractivity contribution < 1.29 is 57.9 Å². The van der Waals surface area contributed by atoms with Crippen LogP contribution in [-0.2, 0) is 11.8 Å². The highest BCUT2D eigenvalue weighted by molar-refractivity contribution is 9.10. The Morgan fingerprint density at radius 2 is 1.47 bits per heavy atom. The highest BCUT2D eigenvalue weighted by Crippen LogP contribution is 2.55. The number of nitrogens with zero attached hydrogens (tertiary/aromatic N) is 3. The van der Waals surface area contributed by atoms with E-state index in [4.69, 9.17) is 5.26 Å². The van der Waals surface area contributed by atoms with Crippen molar-refractivity contribution in [3.63, 3.8) is 0 Å². The van der Waals surface area contributed by atoms with Crippen LogP contribution in [0.25, 0.3) is 0 Å². The summed E-state index contributed by atoms with van der Waals surface area (Å²) in [7, 11) is 0.642. The van der Waals surface area contributed by atoms with Gasteiger partial charge in [-0.1, -0.05) is 6.07 Å². The van der Waals surface area contributed by atoms with Gasteiger partial charge in [0.05, 0.1) is 34.1 Å². The Kier molecular flexibility index (Phi) is 9.43. The molecule has 0 aromatic heterocycles. The number of alkyl halides is 10. The van der Waals surface area contributed by atoms with E-state index in [1.165, 1.54) is 24.3 Å². The maximum absolute atomic E-state index is 16.0. The summed E-state index contributed by atoms with van der Waals surface area (Å²) in [6.45, 7) is -0.0160. The van der Waals surface area contributed by atoms with Crippen molar-refractivity contribution in [3.8, 4) is 6.07 Å². The van der Waals surface area contributed by atoms with E-state index in [1.807, 2.05) is 6.07 Å². The minimum Gasteiger partial charge on any atom is -0.310 e. The standard InChI is InChI=1S/C30H19BrF11N3O2/c1-44(24-20(28(34,35)36)11-18(12-21(24)31)27(33,29(37,38)39)30(40,41)42)26(47)19-3-2-4-22(23(19)32)45(14-16-5-6-16)25(46)17-9-7-15(13-43)8-10-17/h2-4,7-12,16H,5-6,14H2,1H3. The maximum Gasteiger partial charge on any atom is 0.435 e. The molecule has 0 spiro atoms. The molecule has 0 unspecified atom stereocenters. The number of anilines is 2. The first-order valence-corrected chi connectivity index (χ1v) is 14.0. The van der Waals surface area contributed by atoms with Gasteiger partial charge < -0.3 is 9.80 Å². The molecule has 4 rings (SSSR count). The van der Waals surface area contributed by atoms with Gasteiger partial charge in [-0.15, -0.1) is 0 Å². The molecule has 0 radical (unpaired) electrons. The van der Waals surface area contributed by atoms with Crippen LogP contribution in [0.1, 0.15) is 50.2 Å². The van der Waals surface area contributed by atoms with Gasteiger partial charge in [0.2, 0.25) is 0 Å². The van der Waals surface area contributed by atoms with Crippen molar-refractivity contribution in [2.45, 2.75) is 37.0 Å². The molecule has 5 nitrogen and oxygen atoms in total. The molecule has 0 aliphatic heterocycles. The van der Waals surface area contributed by atoms with E-state index in [0.29, 0.717) is 19.9 Å². The average Bonchev–Trinajstić information content (AvgIpc) is 3.81. The van der Waals surface area contributed by atoms with Crippen molar-refractivity contribution in [1.29, 1.82) is 5.26 Å². The van der Waals surface area contributed by atoms with E-state index >= 15 is 4.39 Å². The number of halogens is 12. The number of carbonyl (C=O) groups excluding carboxylic acids is 2. The van der Waals surface area contributed by atoms with E-state index in [0.717, 1.165) is 23.1 Å². The van der Waals surface area contributed by atoms with Gasteiger partial charge in [0.25, 0.3) is 11.8 Å². The Morgan fingerprint density at radius 3 is 1.96 bits per heavy atom. The van der Waals surface area contributed by atoms with Gasteiger partial charge in [-0.25, -0.2) is 8.78 Å². The third-order valence-corrected chi connectivity index (χ3v) is 7.94. The lowest BCUT2D eigenvalue weighted by molar-refractivity contribution is -0.348. The van der Waals surface area contributed by atoms with Gasteiger partial charge in [0, 0.05) is 29.2 Å². The van der Waals surface area contributed by atoms with Crippen molar-refractivity contribution in [3.05, 3.63) is 92.7 Å². The Labute approximate surface area is 267 Å². The van der Waals surface area contributed by atoms with Crippen LogP contribution in [0.3, 0.4) is 0 Å². The third kappa shape index (κ3) is 6.78. The first-order chi connectivity index (χ1) is 21.6. The first kappa shape index (κ1) is 35.7. The van der Waals surface area contributed by atoms with Gasteiger partial charge in [-0.05, 0) is 83.2 Å². The van der Waals surface area contributed by atoms with Crippen LogP contribution < -0.4 is 9.80 Å². The summed E-state index contributed by atoms with van der Waals surface area (Å²) in [6.07, 6.45) is -17.8. The van der Waals surface area contributed by atoms with Crippen molar-refractivity contribution >= 4 is 39.1 Å². The number of nitriles is 1. The van der Waals surface area contributed by atoms with Crippen LogP contribution in [0.15, 0.2) is 59.1 Å². The van der Waals surface area contributed by atoms with E-state index in [1.54, 1.807) is 0 Å². The largest absolute Gasteiger partial charge is 0.435 e. The molecule has 47 heavy (non-hydrogen) atoms. The molecule has 3 aromatic carbocycles. The zero-order valence-electron chi connectivity index (χ0n) is 23.6. The molecule has 1 fully saturated rings. The Balaban J connectivity index is 1.81. The summed E-state index contributed by atoms with van der Waals surface area (Å²) >= 11 is 2.44. The molecular weight excluding hydrogens is 723 g/mol. The monoisotopic (exact) mass is 741 g/mol. The number of benzene rings is 3. The summed E-state index contributed by atoms with van der Waals surface area (Å²) in [5.74, 6) is -3.69. The van der Waals surface area contributed by atoms with E-state index in [2.05, 4.69) is 15.9 Å². The fourth-order valence-corrected chi connectivity index (χ4v) is 5.44. The summed E-state index contributed by atoms with van der Waals surface area (Å²) < 4.78 is 152. The van der Waals surface area contributed by atoms with E-state index in [-0.39, 0.29) is 34.6 Å². The predicted molar refractivity (Wildman–Crippen MR) is 149 cm³/mol. The molecule has 0 bridgehead atoms. The number of hydrogen-bond donors (Lipinski definition) is 0. The summed E-state index contributed by atoms with van der Waals surface area (Å²) in [6, 6.07) is 9.33. The highest BCUT2D eigenvalue weighted by Gasteiger charge is 2.73. The molecule has 1 saturated carbocycles. The van der Waals surface area contributed by atoms with Gasteiger partial charge in [-0.2, -0.15) is 44.8 Å². The van der Waals surface area contributed by atoms with Crippen molar-refractivity contribution in [2.24, 2.45) is 5.92 Å². The zero-order valence-corrected chi connectivity index (χ0v) is 25.2. The minimum atomic E-state index is -6.73. The fourth-order valence-electron chi connectivity index (χ4n) is 4.71. The number of rotatable bonds is 7. The Morgan fingerprint density at radius 1 is 0.894 bits per heavy atom. The summed E-state index contributed by atoms with van der Waals surface area (Å²) in [5, 5.41) is 9.02. The Bertz CT molecular complexity index is 1730. The van der Waals surface area contributed by atoms with E-state index < -0.39 is 80.4 Å². The van der Waals surface area contributed by atoms with Crippen molar-refractivity contribution in [1.82, 2.24) is 0 Å². The lowest BCUT2D eigenvalue weighted by atomic mass is 9.91. The predicted octanol–water partition coefficient (Wildman–Crippen LogP) is 9.10. The van der Waals surface area contributed by atoms with Crippen LogP contribution in [0.4, 0.5) is 59.7 Å². The SMILES string of the molecule is CN(C(=O)c1cccc(N(CC2CC2)C(=O)c2ccc(C#N)cc2)c1F)c1c(Br)cc(C(F)(C(F)(F)F)C(F)(F)F)cc1C(F)(F)F. The quantitative estimate of drug-likeness (QED) is 0.227.